The number of aromatic amines is 4. The average Bonchev–Trinajstić information content (AvgIpc) is 1.62. The number of hydrogen-bond donors (Lipinski definition) is 9. The molecule has 26 heteroatoms. The fourth-order valence-corrected chi connectivity index (χ4v) is 18.0. The predicted octanol–water partition coefficient (Wildman–Crippen LogP) is 15.3. The lowest BCUT2D eigenvalue weighted by molar-refractivity contribution is 0.0943. The molecule has 1 aliphatic heterocycles. The van der Waals surface area contributed by atoms with Crippen LogP contribution in [0.3, 0.4) is 0 Å². The molecule has 12 aromatic rings. The smallest absolute Gasteiger partial charge is 0.256 e. The van der Waals surface area contributed by atoms with Crippen LogP contribution in [0.2, 0.25) is 5.02 Å². The van der Waals surface area contributed by atoms with E-state index in [0.717, 1.165) is 147 Å². The van der Waals surface area contributed by atoms with Crippen molar-refractivity contribution in [2.45, 2.75) is 211 Å². The molecule has 25 nitrogen and oxygen atoms in total. The number of aryl methyl sites for hydroxylation is 6. The van der Waals surface area contributed by atoms with Crippen molar-refractivity contribution in [1.82, 2.24) is 74.8 Å². The first-order valence-electron chi connectivity index (χ1n) is 40.7. The van der Waals surface area contributed by atoms with Gasteiger partial charge in [0.2, 0.25) is 0 Å². The van der Waals surface area contributed by atoms with Gasteiger partial charge in [-0.05, 0) is 225 Å². The van der Waals surface area contributed by atoms with Crippen molar-refractivity contribution in [3.05, 3.63) is 251 Å². The number of H-pyrrole nitrogens is 4. The number of rotatable bonds is 20. The minimum Gasteiger partial charge on any atom is -0.496 e. The number of para-hydroxylation sites is 1. The van der Waals surface area contributed by atoms with E-state index in [0.29, 0.717) is 96.5 Å². The Morgan fingerprint density at radius 1 is 0.462 bits per heavy atom. The molecule has 2 aromatic carbocycles. The molecule has 117 heavy (non-hydrogen) atoms. The van der Waals surface area contributed by atoms with Crippen LogP contribution < -0.4 is 58.3 Å². The lowest BCUT2D eigenvalue weighted by Crippen LogP contribution is -2.32. The number of nitrogens with zero attached hydrogens (tertiary/aromatic N) is 6. The van der Waals surface area contributed by atoms with Crippen molar-refractivity contribution in [1.29, 1.82) is 0 Å². The number of hydrogen-bond acceptors (Lipinski definition) is 13. The first-order chi connectivity index (χ1) is 56.1. The summed E-state index contributed by atoms with van der Waals surface area (Å²) < 4.78 is 19.6. The molecule has 3 aliphatic rings. The Hall–Kier alpha value is -11.6. The summed E-state index contributed by atoms with van der Waals surface area (Å²) in [7, 11) is 3.03. The number of halogens is 1. The van der Waals surface area contributed by atoms with Gasteiger partial charge in [0.15, 0.2) is 0 Å². The maximum Gasteiger partial charge on any atom is 0.256 e. The Balaban J connectivity index is 0.000000144. The highest BCUT2D eigenvalue weighted by Crippen LogP contribution is 2.40. The molecule has 0 spiro atoms. The highest BCUT2D eigenvalue weighted by atomic mass is 35.5. The maximum atomic E-state index is 13.3. The Bertz CT molecular complexity index is 5970. The van der Waals surface area contributed by atoms with E-state index in [-0.39, 0.29) is 78.1 Å². The van der Waals surface area contributed by atoms with Crippen LogP contribution in [-0.4, -0.2) is 99.1 Å². The van der Waals surface area contributed by atoms with Gasteiger partial charge in [0.1, 0.15) is 22.8 Å². The van der Waals surface area contributed by atoms with Gasteiger partial charge in [0.25, 0.3) is 45.9 Å². The molecule has 2 aliphatic carbocycles. The zero-order valence-corrected chi connectivity index (χ0v) is 70.6. The van der Waals surface area contributed by atoms with Gasteiger partial charge in [-0.15, -0.1) is 0 Å². The van der Waals surface area contributed by atoms with E-state index in [9.17, 15) is 38.4 Å². The lowest BCUT2D eigenvalue weighted by atomic mass is 9.91. The molecule has 2 atom stereocenters. The minimum absolute atomic E-state index is 0.0701. The first kappa shape index (κ1) is 84.8. The third-order valence-electron chi connectivity index (χ3n) is 23.8. The Kier molecular flexibility index (Phi) is 26.9. The number of ether oxygens (including phenoxy) is 2. The molecule has 11 heterocycles. The van der Waals surface area contributed by atoms with Crippen molar-refractivity contribution in [3.63, 3.8) is 0 Å². The zero-order chi connectivity index (χ0) is 83.8. The summed E-state index contributed by atoms with van der Waals surface area (Å²) in [5.41, 5.74) is 16.1. The number of benzene rings is 2. The molecule has 15 rings (SSSR count). The van der Waals surface area contributed by atoms with Crippen LogP contribution in [0.25, 0.3) is 43.9 Å². The molecular weight excluding hydrogens is 1500 g/mol. The van der Waals surface area contributed by atoms with Crippen molar-refractivity contribution < 1.29 is 28.7 Å². The largest absolute Gasteiger partial charge is 0.496 e. The second-order valence-corrected chi connectivity index (χ2v) is 31.9. The van der Waals surface area contributed by atoms with E-state index in [1.165, 1.54) is 39.9 Å². The van der Waals surface area contributed by atoms with Gasteiger partial charge in [0, 0.05) is 138 Å². The van der Waals surface area contributed by atoms with Gasteiger partial charge in [-0.3, -0.25) is 38.4 Å². The Morgan fingerprint density at radius 2 is 0.838 bits per heavy atom. The van der Waals surface area contributed by atoms with Crippen molar-refractivity contribution in [2.75, 3.05) is 27.3 Å². The zero-order valence-electron chi connectivity index (χ0n) is 69.9. The number of fused-ring (bicyclic) bond motifs is 4. The van der Waals surface area contributed by atoms with E-state index in [1.54, 1.807) is 44.4 Å². The standard InChI is InChI=1S/C25H32N4O2.C22H26ClN3O3.C22H26N4O3.C22H26N4O2/c1-15-13-16(2)28-24(30)21(15)14-27-25(31)23-18(4)29(22-8-6-5-7-20(22)23)17(3)19-9-11-26-12-10-19;1-6-13(3)26-14(4)20(16-8-7-15(23)10-18(16)26)22(28)24-11-17-19(29-5)9-12(2)25-21(17)27;1-13-11-18(29-3)17(21(27)25-13)12-24-22(28)19-14(2)26(15-7-4-5-8-15)20-16(19)9-6-10-23-20;1-13-11-14(2)25-21(27)18(13)12-24-22(28)19-15(3)26(16-7-4-5-8-16)20-17(19)9-6-10-23-20/h5-8,13,17,19,26H,9-12,14H2,1-4H3,(H,27,31)(H,28,30);7-10,13H,6,11H2,1-5H3,(H,24,28)(H,25,27);6,9-11,15H,4-5,7-8,12H2,1-3H3,(H,24,28)(H,25,27);6,9-11,16H,4-5,7-8,12H2,1-3H3,(H,24,28)(H,25,27). The summed E-state index contributed by atoms with van der Waals surface area (Å²) in [6, 6.07) is 30.0. The van der Waals surface area contributed by atoms with Crippen LogP contribution in [0.4, 0.5) is 0 Å². The molecular formula is C91H110ClN15O10. The fourth-order valence-electron chi connectivity index (χ4n) is 17.8. The van der Waals surface area contributed by atoms with Crippen LogP contribution in [0.5, 0.6) is 11.5 Å². The van der Waals surface area contributed by atoms with E-state index in [4.69, 9.17) is 21.1 Å². The van der Waals surface area contributed by atoms with Gasteiger partial charge in [-0.1, -0.05) is 68.5 Å². The summed E-state index contributed by atoms with van der Waals surface area (Å²) in [5.74, 6) is 0.768. The molecule has 0 radical (unpaired) electrons. The van der Waals surface area contributed by atoms with Gasteiger partial charge in [-0.2, -0.15) is 0 Å². The summed E-state index contributed by atoms with van der Waals surface area (Å²) in [5, 5.41) is 19.3. The highest BCUT2D eigenvalue weighted by Gasteiger charge is 2.32. The minimum atomic E-state index is -0.271. The first-order valence-corrected chi connectivity index (χ1v) is 41.1. The second-order valence-electron chi connectivity index (χ2n) is 31.5. The molecule has 1 saturated heterocycles. The van der Waals surface area contributed by atoms with E-state index in [2.05, 4.69) is 102 Å². The van der Waals surface area contributed by atoms with Crippen LogP contribution in [-0.2, 0) is 26.2 Å². The molecule has 3 fully saturated rings. The van der Waals surface area contributed by atoms with Gasteiger partial charge >= 0.3 is 0 Å². The number of carbonyl (C=O) groups is 4. The maximum absolute atomic E-state index is 13.3. The Morgan fingerprint density at radius 3 is 1.26 bits per heavy atom. The average molecular weight is 1610 g/mol. The normalized spacial score (nSPS) is 14.3. The van der Waals surface area contributed by atoms with Crippen LogP contribution >= 0.6 is 11.6 Å². The van der Waals surface area contributed by atoms with Gasteiger partial charge in [-0.25, -0.2) is 9.97 Å². The van der Waals surface area contributed by atoms with Crippen molar-refractivity contribution in [2.24, 2.45) is 5.92 Å². The van der Waals surface area contributed by atoms with Crippen LogP contribution in [0, 0.1) is 75.2 Å². The number of amides is 4. The summed E-state index contributed by atoms with van der Waals surface area (Å²) in [6.45, 7) is 28.2. The number of methoxy groups -OCH3 is 2. The SMILES string of the molecule is CCC(C)n1c(C)c(C(=O)NCc2c(OC)cc(C)[nH]c2=O)c2ccc(Cl)cc21.COc1cc(C)[nH]c(=O)c1CNC(=O)c1c(C)n(C2CCCC2)c2ncccc12.Cc1cc(C)c(CNC(=O)c2c(C)n(C(C)C3CCNCC3)c3ccccc23)c(=O)[nH]1.Cc1cc(C)c(CNC(=O)c2c(C)n(C3CCCC3)c3ncccc23)c(=O)[nH]1. The van der Waals surface area contributed by atoms with Crippen LogP contribution in [0.1, 0.15) is 236 Å². The molecule has 4 amide bonds. The number of piperidine rings is 1. The van der Waals surface area contributed by atoms with Gasteiger partial charge in [0.05, 0.1) is 66.2 Å². The van der Waals surface area contributed by atoms with E-state index >= 15 is 0 Å². The number of nitrogens with one attached hydrogen (secondary N) is 9. The predicted molar refractivity (Wildman–Crippen MR) is 462 cm³/mol. The summed E-state index contributed by atoms with van der Waals surface area (Å²) >= 11 is 6.22. The molecule has 2 saturated carbocycles. The molecule has 616 valence electrons. The third-order valence-corrected chi connectivity index (χ3v) is 24.0. The van der Waals surface area contributed by atoms with Gasteiger partial charge < -0.3 is 74.3 Å². The quantitative estimate of drug-likeness (QED) is 0.0343. The van der Waals surface area contributed by atoms with Crippen LogP contribution in [0.15, 0.2) is 123 Å². The molecule has 0 bridgehead atoms. The van der Waals surface area contributed by atoms with E-state index in [1.807, 2.05) is 122 Å². The summed E-state index contributed by atoms with van der Waals surface area (Å²) in [4.78, 5) is 122. The fraction of sp³-hybridized carbons (Fsp3) is 0.407. The topological polar surface area (TPSA) is 324 Å². The van der Waals surface area contributed by atoms with Crippen molar-refractivity contribution in [3.8, 4) is 11.5 Å². The molecule has 2 unspecified atom stereocenters. The number of aromatic nitrogens is 10. The molecule has 10 aromatic heterocycles. The lowest BCUT2D eigenvalue weighted by Gasteiger charge is -2.30. The third kappa shape index (κ3) is 18.0. The summed E-state index contributed by atoms with van der Waals surface area (Å²) in [6.07, 6.45) is 16.1. The second kappa shape index (κ2) is 37.1. The Labute approximate surface area is 685 Å². The molecule has 9 N–H and O–H groups in total. The van der Waals surface area contributed by atoms with Crippen molar-refractivity contribution >= 4 is 79.1 Å². The highest BCUT2D eigenvalue weighted by molar-refractivity contribution is 6.31. The number of pyridine rings is 6. The van der Waals surface area contributed by atoms with E-state index < -0.39 is 0 Å². The number of carbonyl (C=O) groups excluding carboxylic acids is 4. The monoisotopic (exact) mass is 1610 g/mol.